The lowest BCUT2D eigenvalue weighted by molar-refractivity contribution is 0.133. The van der Waals surface area contributed by atoms with Gasteiger partial charge in [-0.2, -0.15) is 0 Å². The summed E-state index contributed by atoms with van der Waals surface area (Å²) >= 11 is 0. The molecule has 0 amide bonds. The molecule has 1 aromatic rings. The first-order valence-electron chi connectivity index (χ1n) is 9.24. The molecule has 1 nitrogen and oxygen atoms in total. The second-order valence-electron chi connectivity index (χ2n) is 7.88. The predicted octanol–water partition coefficient (Wildman–Crippen LogP) is 4.57. The lowest BCUT2D eigenvalue weighted by Crippen LogP contribution is -2.43. The molecule has 2 atom stereocenters. The first-order chi connectivity index (χ1) is 10.8. The van der Waals surface area contributed by atoms with E-state index in [1.54, 1.807) is 11.1 Å². The average Bonchev–Trinajstić information content (AvgIpc) is 3.20. The lowest BCUT2D eigenvalue weighted by atomic mass is 9.73. The molecule has 0 radical (unpaired) electrons. The van der Waals surface area contributed by atoms with Crippen molar-refractivity contribution in [3.63, 3.8) is 0 Å². The maximum absolute atomic E-state index is 2.74. The molecule has 118 valence electrons. The molecule has 0 bridgehead atoms. The summed E-state index contributed by atoms with van der Waals surface area (Å²) in [4.78, 5) is 2.74. The molecule has 1 heterocycles. The Hall–Kier alpha value is -1.08. The molecule has 0 aromatic heterocycles. The van der Waals surface area contributed by atoms with Crippen molar-refractivity contribution in [1.82, 2.24) is 4.90 Å². The quantitative estimate of drug-likeness (QED) is 0.738. The van der Waals surface area contributed by atoms with Crippen LogP contribution in [0.2, 0.25) is 0 Å². The van der Waals surface area contributed by atoms with Gasteiger partial charge >= 0.3 is 0 Å². The van der Waals surface area contributed by atoms with E-state index in [9.17, 15) is 0 Å². The van der Waals surface area contributed by atoms with Gasteiger partial charge in [0.2, 0.25) is 0 Å². The molecule has 1 heteroatoms. The van der Waals surface area contributed by atoms with Crippen molar-refractivity contribution >= 4 is 0 Å². The maximum Gasteiger partial charge on any atom is 0.00127 e. The Morgan fingerprint density at radius 2 is 2.00 bits per heavy atom. The Balaban J connectivity index is 1.38. The number of nitrogens with zero attached hydrogens (tertiary/aromatic N) is 1. The van der Waals surface area contributed by atoms with E-state index < -0.39 is 0 Å². The summed E-state index contributed by atoms with van der Waals surface area (Å²) in [5, 5.41) is 0. The molecule has 2 aliphatic carbocycles. The Morgan fingerprint density at radius 1 is 1.18 bits per heavy atom. The molecule has 1 aromatic carbocycles. The third-order valence-corrected chi connectivity index (χ3v) is 6.60. The summed E-state index contributed by atoms with van der Waals surface area (Å²) in [6, 6.07) is 9.21. The number of hydrogen-bond acceptors (Lipinski definition) is 1. The Kier molecular flexibility index (Phi) is 3.86. The number of likely N-dealkylation sites (tertiary alicyclic amines) is 1. The van der Waals surface area contributed by atoms with Crippen molar-refractivity contribution in [2.24, 2.45) is 11.8 Å². The van der Waals surface area contributed by atoms with Gasteiger partial charge in [-0.1, -0.05) is 43.3 Å². The number of hydrogen-bond donors (Lipinski definition) is 0. The fourth-order valence-electron chi connectivity index (χ4n) is 5.12. The molecule has 0 N–H and O–H groups in total. The Morgan fingerprint density at radius 3 is 2.77 bits per heavy atom. The van der Waals surface area contributed by atoms with Gasteiger partial charge in [-0.05, 0) is 80.0 Å². The molecule has 1 aliphatic heterocycles. The zero-order valence-electron chi connectivity index (χ0n) is 13.9. The van der Waals surface area contributed by atoms with Crippen LogP contribution in [-0.2, 0) is 11.8 Å². The number of aryl methyl sites for hydroxylation is 1. The topological polar surface area (TPSA) is 3.24 Å². The molecule has 1 spiro atoms. The van der Waals surface area contributed by atoms with E-state index in [4.69, 9.17) is 0 Å². The minimum atomic E-state index is 0.517. The zero-order valence-corrected chi connectivity index (χ0v) is 13.9. The van der Waals surface area contributed by atoms with Gasteiger partial charge in [0.1, 0.15) is 0 Å². The minimum Gasteiger partial charge on any atom is -0.303 e. The normalized spacial score (nSPS) is 28.1. The van der Waals surface area contributed by atoms with Crippen LogP contribution in [0, 0.1) is 11.8 Å². The number of rotatable bonds is 3. The standard InChI is InChI=1S/C21H29N/c1-17(18-6-2-3-7-18)16-22-14-12-21(13-15-22)11-10-19-8-4-5-9-20(19)21/h2,4-6,8-9,17-18H,3,7,10-16H2,1H3/t17-,18-/m0/s1. The van der Waals surface area contributed by atoms with Crippen LogP contribution in [0.25, 0.3) is 0 Å². The zero-order chi connectivity index (χ0) is 15.0. The molecule has 3 aliphatic rings. The van der Waals surface area contributed by atoms with Crippen LogP contribution in [0.15, 0.2) is 36.4 Å². The molecule has 4 rings (SSSR count). The second-order valence-corrected chi connectivity index (χ2v) is 7.88. The highest BCUT2D eigenvalue weighted by molar-refractivity contribution is 5.39. The van der Waals surface area contributed by atoms with Gasteiger partial charge in [0.25, 0.3) is 0 Å². The van der Waals surface area contributed by atoms with Crippen molar-refractivity contribution in [2.45, 2.75) is 50.9 Å². The van der Waals surface area contributed by atoms with Gasteiger partial charge in [-0.25, -0.2) is 0 Å². The van der Waals surface area contributed by atoms with Crippen molar-refractivity contribution in [2.75, 3.05) is 19.6 Å². The molecule has 22 heavy (non-hydrogen) atoms. The van der Waals surface area contributed by atoms with Crippen molar-refractivity contribution < 1.29 is 0 Å². The first kappa shape index (κ1) is 14.5. The third kappa shape index (κ3) is 2.54. The van der Waals surface area contributed by atoms with E-state index in [1.165, 1.54) is 58.2 Å². The van der Waals surface area contributed by atoms with Gasteiger partial charge in [-0.15, -0.1) is 0 Å². The Bertz CT molecular complexity index is 551. The maximum atomic E-state index is 2.74. The summed E-state index contributed by atoms with van der Waals surface area (Å²) < 4.78 is 0. The van der Waals surface area contributed by atoms with E-state index in [2.05, 4.69) is 48.2 Å². The van der Waals surface area contributed by atoms with E-state index in [0.29, 0.717) is 5.41 Å². The third-order valence-electron chi connectivity index (χ3n) is 6.60. The summed E-state index contributed by atoms with van der Waals surface area (Å²) in [5.74, 6) is 1.66. The van der Waals surface area contributed by atoms with Crippen LogP contribution in [0.4, 0.5) is 0 Å². The highest BCUT2D eigenvalue weighted by Crippen LogP contribution is 2.46. The van der Waals surface area contributed by atoms with Gasteiger partial charge in [0.05, 0.1) is 0 Å². The highest BCUT2D eigenvalue weighted by atomic mass is 15.1. The van der Waals surface area contributed by atoms with Gasteiger partial charge < -0.3 is 4.90 Å². The molecule has 1 fully saturated rings. The average molecular weight is 295 g/mol. The van der Waals surface area contributed by atoms with E-state index in [1.807, 2.05) is 0 Å². The monoisotopic (exact) mass is 295 g/mol. The summed E-state index contributed by atoms with van der Waals surface area (Å²) in [6.07, 6.45) is 13.0. The van der Waals surface area contributed by atoms with Crippen LogP contribution >= 0.6 is 0 Å². The van der Waals surface area contributed by atoms with Gasteiger partial charge in [-0.3, -0.25) is 0 Å². The number of benzene rings is 1. The van der Waals surface area contributed by atoms with Crippen LogP contribution in [0.1, 0.15) is 50.2 Å². The van der Waals surface area contributed by atoms with Gasteiger partial charge in [0.15, 0.2) is 0 Å². The molecule has 1 saturated heterocycles. The van der Waals surface area contributed by atoms with Crippen LogP contribution in [0.5, 0.6) is 0 Å². The van der Waals surface area contributed by atoms with Crippen molar-refractivity contribution in [3.8, 4) is 0 Å². The van der Waals surface area contributed by atoms with Gasteiger partial charge in [0, 0.05) is 6.54 Å². The number of piperidine rings is 1. The van der Waals surface area contributed by atoms with Crippen molar-refractivity contribution in [1.29, 1.82) is 0 Å². The Labute approximate surface area is 135 Å². The molecule has 0 saturated carbocycles. The number of fused-ring (bicyclic) bond motifs is 2. The summed E-state index contributed by atoms with van der Waals surface area (Å²) in [7, 11) is 0. The van der Waals surface area contributed by atoms with E-state index in [-0.39, 0.29) is 0 Å². The van der Waals surface area contributed by atoms with Crippen LogP contribution in [-0.4, -0.2) is 24.5 Å². The first-order valence-corrected chi connectivity index (χ1v) is 9.24. The molecular weight excluding hydrogens is 266 g/mol. The molecular formula is C21H29N. The highest BCUT2D eigenvalue weighted by Gasteiger charge is 2.41. The number of allylic oxidation sites excluding steroid dienone is 2. The van der Waals surface area contributed by atoms with Crippen molar-refractivity contribution in [3.05, 3.63) is 47.5 Å². The van der Waals surface area contributed by atoms with E-state index in [0.717, 1.165) is 11.8 Å². The lowest BCUT2D eigenvalue weighted by Gasteiger charge is -2.41. The fraction of sp³-hybridized carbons (Fsp3) is 0.619. The summed E-state index contributed by atoms with van der Waals surface area (Å²) in [6.45, 7) is 6.35. The molecule has 0 unspecified atom stereocenters. The second kappa shape index (κ2) is 5.85. The van der Waals surface area contributed by atoms with Crippen LogP contribution < -0.4 is 0 Å². The fourth-order valence-corrected chi connectivity index (χ4v) is 5.12. The minimum absolute atomic E-state index is 0.517. The van der Waals surface area contributed by atoms with Crippen LogP contribution in [0.3, 0.4) is 0 Å². The summed E-state index contributed by atoms with van der Waals surface area (Å²) in [5.41, 5.74) is 3.82. The van der Waals surface area contributed by atoms with E-state index >= 15 is 0 Å². The SMILES string of the molecule is C[C@@H](CN1CCC2(CCc3ccccc32)CC1)[C@H]1C=CCC1. The predicted molar refractivity (Wildman–Crippen MR) is 93.1 cm³/mol. The smallest absolute Gasteiger partial charge is 0.00127 e. The largest absolute Gasteiger partial charge is 0.303 e.